The van der Waals surface area contributed by atoms with Gasteiger partial charge in [-0.2, -0.15) is 18.8 Å². The number of nitrogens with one attached hydrogen (secondary N) is 2. The summed E-state index contributed by atoms with van der Waals surface area (Å²) in [5.74, 6) is 0.480. The van der Waals surface area contributed by atoms with E-state index in [9.17, 15) is 31.5 Å². The molecule has 328 valence electrons. The molecular weight excluding hydrogens is 845 g/mol. The van der Waals surface area contributed by atoms with Gasteiger partial charge in [0.1, 0.15) is 34.1 Å². The van der Waals surface area contributed by atoms with E-state index in [1.807, 2.05) is 0 Å². The molecule has 6 rings (SSSR count). The van der Waals surface area contributed by atoms with Crippen LogP contribution in [0.2, 0.25) is 0 Å². The van der Waals surface area contributed by atoms with Gasteiger partial charge in [0.2, 0.25) is 0 Å². The summed E-state index contributed by atoms with van der Waals surface area (Å²) in [6, 6.07) is 28.1. The summed E-state index contributed by atoms with van der Waals surface area (Å²) < 4.78 is 81.8. The third-order valence-corrected chi connectivity index (χ3v) is 12.7. The summed E-state index contributed by atoms with van der Waals surface area (Å²) in [6.07, 6.45) is 2.14. The van der Waals surface area contributed by atoms with Crippen molar-refractivity contribution in [2.75, 3.05) is 35.0 Å². The standard InChI is InChI=1S/C22H25N3O6S.C20H21N3O6S/c1-4-31-22(26)20-13-23-24-21(20)32(27,28)25(14-16-5-9-18(29-2)10-6-16)15-17-7-11-19(30-3)12-8-17;1-28-16-7-3-14(4-8-16)12-23(13-15-5-9-17(29-2)10-6-15)30(26,27)19-18(20(24)25)11-21-22-19/h5-13H,4,14-15H2,1-3H3,(H,23,24);3-11H,12-13H2,1-2H3,(H,21,22)(H,24,25). The fraction of sp³-hybridized carbons (Fsp3) is 0.238. The van der Waals surface area contributed by atoms with Crippen molar-refractivity contribution in [2.45, 2.75) is 43.2 Å². The predicted octanol–water partition coefficient (Wildman–Crippen LogP) is 5.51. The van der Waals surface area contributed by atoms with Crippen molar-refractivity contribution < 1.29 is 55.2 Å². The van der Waals surface area contributed by atoms with Gasteiger partial charge in [-0.1, -0.05) is 48.5 Å². The average molecular weight is 891 g/mol. The maximum Gasteiger partial charge on any atom is 0.342 e. The summed E-state index contributed by atoms with van der Waals surface area (Å²) in [7, 11) is -2.11. The molecule has 0 aliphatic heterocycles. The van der Waals surface area contributed by atoms with Gasteiger partial charge in [-0.25, -0.2) is 26.4 Å². The highest BCUT2D eigenvalue weighted by molar-refractivity contribution is 7.89. The van der Waals surface area contributed by atoms with E-state index in [1.54, 1.807) is 132 Å². The Morgan fingerprint density at radius 1 is 0.532 bits per heavy atom. The summed E-state index contributed by atoms with van der Waals surface area (Å²) in [6.45, 7) is 1.95. The average Bonchev–Trinajstić information content (AvgIpc) is 4.00. The minimum atomic E-state index is -4.19. The number of nitrogens with zero attached hydrogens (tertiary/aromatic N) is 4. The minimum absolute atomic E-state index is 0.0242. The van der Waals surface area contributed by atoms with Gasteiger partial charge < -0.3 is 28.8 Å². The molecule has 62 heavy (non-hydrogen) atoms. The van der Waals surface area contributed by atoms with E-state index in [1.165, 1.54) is 8.61 Å². The molecule has 0 saturated carbocycles. The maximum atomic E-state index is 13.6. The fourth-order valence-electron chi connectivity index (χ4n) is 5.90. The number of esters is 1. The van der Waals surface area contributed by atoms with E-state index in [0.29, 0.717) is 34.1 Å². The number of methoxy groups -OCH3 is 4. The van der Waals surface area contributed by atoms with Gasteiger partial charge >= 0.3 is 11.9 Å². The number of carboxylic acid groups (broad SMARTS) is 1. The second-order valence-corrected chi connectivity index (χ2v) is 16.9. The van der Waals surface area contributed by atoms with Crippen molar-refractivity contribution in [2.24, 2.45) is 0 Å². The smallest absolute Gasteiger partial charge is 0.342 e. The third kappa shape index (κ3) is 11.5. The molecule has 0 fully saturated rings. The second kappa shape index (κ2) is 21.2. The molecule has 0 unspecified atom stereocenters. The highest BCUT2D eigenvalue weighted by atomic mass is 32.2. The molecule has 3 N–H and O–H groups in total. The zero-order valence-corrected chi connectivity index (χ0v) is 36.1. The van der Waals surface area contributed by atoms with Gasteiger partial charge in [0.15, 0.2) is 10.1 Å². The number of hydrogen-bond donors (Lipinski definition) is 3. The number of carbonyl (C=O) groups excluding carboxylic acids is 1. The Kier molecular flexibility index (Phi) is 15.8. The number of aromatic nitrogens is 4. The molecule has 0 aliphatic carbocycles. The molecule has 0 aliphatic rings. The normalized spacial score (nSPS) is 11.4. The molecule has 0 amide bonds. The van der Waals surface area contributed by atoms with Crippen LogP contribution in [0, 0.1) is 0 Å². The first-order chi connectivity index (χ1) is 29.7. The molecule has 2 heterocycles. The van der Waals surface area contributed by atoms with E-state index < -0.39 is 42.6 Å². The van der Waals surface area contributed by atoms with Gasteiger partial charge in [0.25, 0.3) is 20.0 Å². The first-order valence-electron chi connectivity index (χ1n) is 18.7. The summed E-state index contributed by atoms with van der Waals surface area (Å²) in [4.78, 5) is 23.7. The minimum Gasteiger partial charge on any atom is -0.497 e. The van der Waals surface area contributed by atoms with Gasteiger partial charge in [-0.15, -0.1) is 0 Å². The van der Waals surface area contributed by atoms with Crippen LogP contribution in [0.3, 0.4) is 0 Å². The molecule has 18 nitrogen and oxygen atoms in total. The van der Waals surface area contributed by atoms with E-state index in [2.05, 4.69) is 20.4 Å². The SMILES string of the molecule is CCOC(=O)c1cn[nH]c1S(=O)(=O)N(Cc1ccc(OC)cc1)Cc1ccc(OC)cc1.COc1ccc(CN(Cc2ccc(OC)cc2)S(=O)(=O)c2[nH]ncc2C(=O)O)cc1. The van der Waals surface area contributed by atoms with Crippen molar-refractivity contribution in [3.05, 3.63) is 143 Å². The number of rotatable bonds is 19. The molecule has 4 aromatic carbocycles. The molecular formula is C42H46N6O12S2. The van der Waals surface area contributed by atoms with Crippen molar-refractivity contribution >= 4 is 32.0 Å². The number of aromatic amines is 2. The van der Waals surface area contributed by atoms with Crippen molar-refractivity contribution in [3.63, 3.8) is 0 Å². The summed E-state index contributed by atoms with van der Waals surface area (Å²) >= 11 is 0. The molecule has 0 atom stereocenters. The van der Waals surface area contributed by atoms with Crippen LogP contribution in [-0.2, 0) is 51.0 Å². The lowest BCUT2D eigenvalue weighted by Gasteiger charge is -2.22. The number of ether oxygens (including phenoxy) is 5. The predicted molar refractivity (Wildman–Crippen MR) is 225 cm³/mol. The van der Waals surface area contributed by atoms with Crippen molar-refractivity contribution in [1.82, 2.24) is 29.0 Å². The van der Waals surface area contributed by atoms with Gasteiger partial charge in [0.05, 0.1) is 47.4 Å². The Morgan fingerprint density at radius 3 is 1.10 bits per heavy atom. The number of sulfonamides is 2. The van der Waals surface area contributed by atoms with Crippen LogP contribution in [0.25, 0.3) is 0 Å². The van der Waals surface area contributed by atoms with Crippen LogP contribution >= 0.6 is 0 Å². The Morgan fingerprint density at radius 2 is 0.823 bits per heavy atom. The Balaban J connectivity index is 0.000000235. The van der Waals surface area contributed by atoms with Crippen LogP contribution in [0.1, 0.15) is 49.9 Å². The van der Waals surface area contributed by atoms with Crippen LogP contribution in [0.4, 0.5) is 0 Å². The molecule has 6 aromatic rings. The molecule has 0 saturated heterocycles. The fourth-order valence-corrected chi connectivity index (χ4v) is 8.86. The lowest BCUT2D eigenvalue weighted by Crippen LogP contribution is -2.31. The number of carboxylic acids is 1. The van der Waals surface area contributed by atoms with E-state index in [0.717, 1.165) is 23.5 Å². The number of aromatic carboxylic acids is 1. The molecule has 2 aromatic heterocycles. The first-order valence-corrected chi connectivity index (χ1v) is 21.6. The molecule has 20 heteroatoms. The monoisotopic (exact) mass is 890 g/mol. The number of carbonyl (C=O) groups is 2. The van der Waals surface area contributed by atoms with E-state index >= 15 is 0 Å². The number of H-pyrrole nitrogens is 2. The largest absolute Gasteiger partial charge is 0.497 e. The zero-order chi connectivity index (χ0) is 44.9. The van der Waals surface area contributed by atoms with Crippen LogP contribution in [-0.4, -0.2) is 97.9 Å². The Bertz CT molecular complexity index is 2520. The quantitative estimate of drug-likeness (QED) is 0.0852. The zero-order valence-electron chi connectivity index (χ0n) is 34.5. The Hall–Kier alpha value is -6.74. The number of benzene rings is 4. The van der Waals surface area contributed by atoms with E-state index in [4.69, 9.17) is 23.7 Å². The third-order valence-electron chi connectivity index (χ3n) is 9.20. The molecule has 0 radical (unpaired) electrons. The lowest BCUT2D eigenvalue weighted by atomic mass is 10.2. The van der Waals surface area contributed by atoms with Crippen LogP contribution in [0.5, 0.6) is 23.0 Å². The highest BCUT2D eigenvalue weighted by Crippen LogP contribution is 2.26. The van der Waals surface area contributed by atoms with E-state index in [-0.39, 0.29) is 43.4 Å². The Labute approximate surface area is 359 Å². The molecule has 0 bridgehead atoms. The number of hydrogen-bond acceptors (Lipinski definition) is 13. The highest BCUT2D eigenvalue weighted by Gasteiger charge is 2.33. The van der Waals surface area contributed by atoms with Crippen LogP contribution < -0.4 is 18.9 Å². The second-order valence-electron chi connectivity index (χ2n) is 13.2. The summed E-state index contributed by atoms with van der Waals surface area (Å²) in [5, 5.41) is 20.7. The van der Waals surface area contributed by atoms with Gasteiger partial charge in [-0.05, 0) is 77.7 Å². The van der Waals surface area contributed by atoms with Crippen LogP contribution in [0.15, 0.2) is 120 Å². The van der Waals surface area contributed by atoms with Crippen molar-refractivity contribution in [3.8, 4) is 23.0 Å². The van der Waals surface area contributed by atoms with Crippen molar-refractivity contribution in [1.29, 1.82) is 0 Å². The van der Waals surface area contributed by atoms with Gasteiger partial charge in [-0.3, -0.25) is 10.2 Å². The lowest BCUT2D eigenvalue weighted by molar-refractivity contribution is 0.0521. The topological polar surface area (TPSA) is 233 Å². The first kappa shape index (κ1) is 46.3. The maximum absolute atomic E-state index is 13.6. The summed E-state index contributed by atoms with van der Waals surface area (Å²) in [5.41, 5.74) is 2.37. The van der Waals surface area contributed by atoms with Gasteiger partial charge in [0, 0.05) is 26.2 Å². The molecule has 0 spiro atoms.